The van der Waals surface area contributed by atoms with E-state index in [1.807, 2.05) is 24.3 Å². The van der Waals surface area contributed by atoms with E-state index in [-0.39, 0.29) is 0 Å². The quantitative estimate of drug-likeness (QED) is 0.570. The smallest absolute Gasteiger partial charge is 0.119 e. The first kappa shape index (κ1) is 16.1. The van der Waals surface area contributed by atoms with Gasteiger partial charge in [-0.2, -0.15) is 0 Å². The number of rotatable bonds is 9. The lowest BCUT2D eigenvalue weighted by atomic mass is 10.1. The van der Waals surface area contributed by atoms with Gasteiger partial charge in [-0.3, -0.25) is 0 Å². The molecule has 2 rings (SSSR count). The zero-order chi connectivity index (χ0) is 15.6. The summed E-state index contributed by atoms with van der Waals surface area (Å²) in [5.41, 5.74) is 2.64. The van der Waals surface area contributed by atoms with E-state index in [0.717, 1.165) is 31.0 Å². The number of methoxy groups -OCH3 is 1. The Morgan fingerprint density at radius 3 is 2.23 bits per heavy atom. The second-order valence-electron chi connectivity index (χ2n) is 5.12. The van der Waals surface area contributed by atoms with Gasteiger partial charge in [0.25, 0.3) is 0 Å². The number of hydrogen-bond acceptors (Lipinski definition) is 2. The summed E-state index contributed by atoms with van der Waals surface area (Å²) < 4.78 is 10.6. The van der Waals surface area contributed by atoms with Crippen LogP contribution in [0.3, 0.4) is 0 Å². The fourth-order valence-electron chi connectivity index (χ4n) is 2.21. The zero-order valence-electron chi connectivity index (χ0n) is 13.1. The highest BCUT2D eigenvalue weighted by atomic mass is 16.5. The lowest BCUT2D eigenvalue weighted by molar-refractivity contribution is -0.670. The fourth-order valence-corrected chi connectivity index (χ4v) is 2.21. The largest absolute Gasteiger partial charge is 0.497 e. The number of hydrogen-bond donors (Lipinski definition) is 1. The van der Waals surface area contributed by atoms with Crippen molar-refractivity contribution in [1.29, 1.82) is 0 Å². The number of ether oxygens (including phenoxy) is 2. The van der Waals surface area contributed by atoms with Crippen molar-refractivity contribution in [2.24, 2.45) is 0 Å². The van der Waals surface area contributed by atoms with Gasteiger partial charge in [-0.15, -0.1) is 0 Å². The van der Waals surface area contributed by atoms with Crippen LogP contribution in [0.2, 0.25) is 0 Å². The highest BCUT2D eigenvalue weighted by molar-refractivity contribution is 5.27. The molecule has 3 nitrogen and oxygen atoms in total. The fraction of sp³-hybridized carbons (Fsp3) is 0.263. The third kappa shape index (κ3) is 5.26. The summed E-state index contributed by atoms with van der Waals surface area (Å²) in [6.07, 6.45) is 2.81. The van der Waals surface area contributed by atoms with Crippen LogP contribution in [0.1, 0.15) is 11.1 Å². The molecule has 0 amide bonds. The molecule has 0 saturated carbocycles. The zero-order valence-corrected chi connectivity index (χ0v) is 13.1. The van der Waals surface area contributed by atoms with Crippen molar-refractivity contribution in [3.63, 3.8) is 0 Å². The van der Waals surface area contributed by atoms with Gasteiger partial charge in [0, 0.05) is 12.0 Å². The molecule has 0 aliphatic carbocycles. The Kier molecular flexibility index (Phi) is 6.52. The minimum Gasteiger partial charge on any atom is -0.497 e. The summed E-state index contributed by atoms with van der Waals surface area (Å²) in [4.78, 5) is 0. The lowest BCUT2D eigenvalue weighted by Crippen LogP contribution is -2.83. The maximum atomic E-state index is 5.47. The molecule has 0 aliphatic rings. The van der Waals surface area contributed by atoms with Crippen LogP contribution in [0, 0.1) is 0 Å². The Morgan fingerprint density at radius 2 is 1.59 bits per heavy atom. The Morgan fingerprint density at radius 1 is 0.955 bits per heavy atom. The summed E-state index contributed by atoms with van der Waals surface area (Å²) in [7, 11) is 1.69. The van der Waals surface area contributed by atoms with Gasteiger partial charge in [0.1, 0.15) is 24.7 Å². The molecule has 22 heavy (non-hydrogen) atoms. The van der Waals surface area contributed by atoms with Crippen molar-refractivity contribution in [2.45, 2.75) is 13.0 Å². The van der Waals surface area contributed by atoms with Crippen LogP contribution in [0.15, 0.2) is 61.2 Å². The Hall–Kier alpha value is -2.26. The Balaban J connectivity index is 1.70. The highest BCUT2D eigenvalue weighted by Gasteiger charge is 1.99. The molecule has 0 spiro atoms. The third-order valence-corrected chi connectivity index (χ3v) is 3.47. The van der Waals surface area contributed by atoms with Gasteiger partial charge in [0.2, 0.25) is 0 Å². The predicted molar refractivity (Wildman–Crippen MR) is 89.3 cm³/mol. The molecule has 0 atom stereocenters. The standard InChI is InChI=1S/C19H23NO2/c1-3-14-22-19-10-6-17(7-11-19)15-20-13-12-16-4-8-18(21-2)9-5-16/h3-11,20H,1,12-15H2,2H3/p+1. The van der Waals surface area contributed by atoms with Crippen LogP contribution in [0.25, 0.3) is 0 Å². The minimum atomic E-state index is 0.549. The molecule has 3 heteroatoms. The van der Waals surface area contributed by atoms with Crippen LogP contribution in [0.4, 0.5) is 0 Å². The molecule has 0 saturated heterocycles. The van der Waals surface area contributed by atoms with Crippen LogP contribution < -0.4 is 14.8 Å². The van der Waals surface area contributed by atoms with Crippen molar-refractivity contribution in [1.82, 2.24) is 0 Å². The minimum absolute atomic E-state index is 0.549. The first-order valence-electron chi connectivity index (χ1n) is 7.59. The maximum Gasteiger partial charge on any atom is 0.119 e. The van der Waals surface area contributed by atoms with E-state index in [1.54, 1.807) is 13.2 Å². The van der Waals surface area contributed by atoms with Gasteiger partial charge in [0.15, 0.2) is 0 Å². The van der Waals surface area contributed by atoms with Crippen LogP contribution in [-0.2, 0) is 13.0 Å². The van der Waals surface area contributed by atoms with Crippen molar-refractivity contribution >= 4 is 0 Å². The first-order valence-corrected chi connectivity index (χ1v) is 7.59. The van der Waals surface area contributed by atoms with Crippen molar-refractivity contribution in [3.8, 4) is 11.5 Å². The molecular formula is C19H24NO2+. The SMILES string of the molecule is C=CCOc1ccc(C[NH2+]CCc2ccc(OC)cc2)cc1. The topological polar surface area (TPSA) is 35.1 Å². The number of nitrogens with two attached hydrogens (primary N) is 1. The second-order valence-corrected chi connectivity index (χ2v) is 5.12. The van der Waals surface area contributed by atoms with Gasteiger partial charge in [-0.1, -0.05) is 24.8 Å². The van der Waals surface area contributed by atoms with Crippen LogP contribution in [-0.4, -0.2) is 20.3 Å². The molecule has 0 heterocycles. The van der Waals surface area contributed by atoms with E-state index in [2.05, 4.69) is 36.2 Å². The van der Waals surface area contributed by atoms with Crippen molar-refractivity contribution < 1.29 is 14.8 Å². The third-order valence-electron chi connectivity index (χ3n) is 3.47. The van der Waals surface area contributed by atoms with E-state index in [9.17, 15) is 0 Å². The molecule has 0 radical (unpaired) electrons. The van der Waals surface area contributed by atoms with E-state index in [4.69, 9.17) is 9.47 Å². The predicted octanol–water partition coefficient (Wildman–Crippen LogP) is 2.57. The lowest BCUT2D eigenvalue weighted by Gasteiger charge is -2.06. The molecule has 0 fully saturated rings. The second kappa shape index (κ2) is 8.90. The van der Waals surface area contributed by atoms with Crippen LogP contribution in [0.5, 0.6) is 11.5 Å². The van der Waals surface area contributed by atoms with E-state index in [1.165, 1.54) is 11.1 Å². The van der Waals surface area contributed by atoms with E-state index in [0.29, 0.717) is 6.61 Å². The summed E-state index contributed by atoms with van der Waals surface area (Å²) in [6, 6.07) is 16.5. The molecule has 0 aromatic heterocycles. The molecule has 116 valence electrons. The molecule has 2 aromatic rings. The van der Waals surface area contributed by atoms with Crippen LogP contribution >= 0.6 is 0 Å². The molecule has 0 unspecified atom stereocenters. The molecule has 2 N–H and O–H groups in total. The first-order chi connectivity index (χ1) is 10.8. The van der Waals surface area contributed by atoms with Crippen molar-refractivity contribution in [3.05, 3.63) is 72.3 Å². The summed E-state index contributed by atoms with van der Waals surface area (Å²) in [5.74, 6) is 1.80. The molecule has 0 aliphatic heterocycles. The Bertz CT molecular complexity index is 561. The van der Waals surface area contributed by atoms with Gasteiger partial charge in [-0.05, 0) is 42.0 Å². The van der Waals surface area contributed by atoms with Gasteiger partial charge < -0.3 is 14.8 Å². The maximum absolute atomic E-state index is 5.47. The number of benzene rings is 2. The highest BCUT2D eigenvalue weighted by Crippen LogP contribution is 2.12. The van der Waals surface area contributed by atoms with E-state index < -0.39 is 0 Å². The molecular weight excluding hydrogens is 274 g/mol. The number of quaternary nitrogens is 1. The average Bonchev–Trinajstić information content (AvgIpc) is 2.58. The molecule has 2 aromatic carbocycles. The summed E-state index contributed by atoms with van der Waals surface area (Å²) >= 11 is 0. The monoisotopic (exact) mass is 298 g/mol. The molecule has 0 bridgehead atoms. The average molecular weight is 298 g/mol. The summed E-state index contributed by atoms with van der Waals surface area (Å²) in [5, 5.41) is 2.32. The van der Waals surface area contributed by atoms with Gasteiger partial charge >= 0.3 is 0 Å². The van der Waals surface area contributed by atoms with Gasteiger partial charge in [-0.25, -0.2) is 0 Å². The summed E-state index contributed by atoms with van der Waals surface area (Å²) in [6.45, 7) is 6.24. The normalized spacial score (nSPS) is 10.2. The van der Waals surface area contributed by atoms with E-state index >= 15 is 0 Å². The van der Waals surface area contributed by atoms with Gasteiger partial charge in [0.05, 0.1) is 13.7 Å². The van der Waals surface area contributed by atoms with Crippen molar-refractivity contribution in [2.75, 3.05) is 20.3 Å². The Labute approximate surface area is 132 Å².